The molecule has 0 radical (unpaired) electrons. The third-order valence-corrected chi connectivity index (χ3v) is 5.34. The number of benzene rings is 3. The smallest absolute Gasteiger partial charge is 0.282 e. The van der Waals surface area contributed by atoms with Crippen LogP contribution in [0.15, 0.2) is 75.0 Å². The first-order valence-corrected chi connectivity index (χ1v) is 11.1. The van der Waals surface area contributed by atoms with E-state index >= 15 is 0 Å². The lowest BCUT2D eigenvalue weighted by Gasteiger charge is -2.13. The van der Waals surface area contributed by atoms with Gasteiger partial charge >= 0.3 is 0 Å². The maximum absolute atomic E-state index is 13.4. The molecule has 4 rings (SSSR count). The van der Waals surface area contributed by atoms with Crippen molar-refractivity contribution in [3.8, 4) is 11.5 Å². The van der Waals surface area contributed by atoms with E-state index in [4.69, 9.17) is 9.47 Å². The Hall–Kier alpha value is -3.52. The summed E-state index contributed by atoms with van der Waals surface area (Å²) in [5.74, 6) is 1.23. The van der Waals surface area contributed by atoms with Gasteiger partial charge in [-0.05, 0) is 73.5 Å². The number of aryl methyl sites for hydroxylation is 1. The highest BCUT2D eigenvalue weighted by atomic mass is 79.9. The van der Waals surface area contributed by atoms with Crippen molar-refractivity contribution in [1.82, 2.24) is 9.66 Å². The number of ether oxygens (including phenoxy) is 2. The van der Waals surface area contributed by atoms with Gasteiger partial charge in [-0.25, -0.2) is 9.37 Å². The highest BCUT2D eigenvalue weighted by Gasteiger charge is 2.09. The zero-order chi connectivity index (χ0) is 23.4. The van der Waals surface area contributed by atoms with Crippen LogP contribution in [0, 0.1) is 12.7 Å². The first-order chi connectivity index (χ1) is 15.9. The number of aromatic nitrogens is 2. The molecule has 0 amide bonds. The summed E-state index contributed by atoms with van der Waals surface area (Å²) >= 11 is 3.39. The van der Waals surface area contributed by atoms with Crippen LogP contribution in [-0.2, 0) is 6.61 Å². The van der Waals surface area contributed by atoms with Gasteiger partial charge in [-0.3, -0.25) is 4.79 Å². The minimum atomic E-state index is -0.311. The van der Waals surface area contributed by atoms with Gasteiger partial charge < -0.3 is 9.47 Å². The van der Waals surface area contributed by atoms with Crippen LogP contribution >= 0.6 is 15.9 Å². The normalized spacial score (nSPS) is 11.3. The van der Waals surface area contributed by atoms with E-state index in [-0.39, 0.29) is 18.0 Å². The first kappa shape index (κ1) is 22.7. The standard InChI is InChI=1S/C25H21BrFN3O3/c1-3-32-24-12-17(7-10-23(24)33-15-18-5-4-6-20(27)11-18)14-28-30-16(2)29-22-9-8-19(26)13-21(22)25(30)31/h4-14H,3,15H2,1-2H3. The lowest BCUT2D eigenvalue weighted by atomic mass is 10.2. The second kappa shape index (κ2) is 9.95. The van der Waals surface area contributed by atoms with Crippen molar-refractivity contribution in [2.45, 2.75) is 20.5 Å². The van der Waals surface area contributed by atoms with Crippen molar-refractivity contribution in [3.05, 3.63) is 98.3 Å². The van der Waals surface area contributed by atoms with E-state index in [2.05, 4.69) is 26.0 Å². The Morgan fingerprint density at radius 3 is 2.73 bits per heavy atom. The van der Waals surface area contributed by atoms with E-state index in [1.165, 1.54) is 16.8 Å². The molecule has 0 bridgehead atoms. The molecule has 8 heteroatoms. The maximum Gasteiger partial charge on any atom is 0.282 e. The van der Waals surface area contributed by atoms with Crippen molar-refractivity contribution < 1.29 is 13.9 Å². The zero-order valence-corrected chi connectivity index (χ0v) is 19.7. The van der Waals surface area contributed by atoms with Crippen LogP contribution in [0.2, 0.25) is 0 Å². The van der Waals surface area contributed by atoms with Gasteiger partial charge in [-0.2, -0.15) is 9.78 Å². The van der Waals surface area contributed by atoms with Gasteiger partial charge in [-0.15, -0.1) is 0 Å². The molecule has 3 aromatic carbocycles. The lowest BCUT2D eigenvalue weighted by molar-refractivity contribution is 0.269. The molecule has 6 nitrogen and oxygen atoms in total. The van der Waals surface area contributed by atoms with E-state index in [1.54, 1.807) is 55.6 Å². The molecule has 0 fully saturated rings. The molecule has 0 aliphatic carbocycles. The molecule has 0 atom stereocenters. The van der Waals surface area contributed by atoms with Crippen LogP contribution in [0.25, 0.3) is 10.9 Å². The molecule has 1 aromatic heterocycles. The Bertz CT molecular complexity index is 1400. The second-order valence-corrected chi connectivity index (χ2v) is 8.16. The lowest BCUT2D eigenvalue weighted by Crippen LogP contribution is -2.20. The van der Waals surface area contributed by atoms with E-state index in [0.29, 0.717) is 40.4 Å². The predicted molar refractivity (Wildman–Crippen MR) is 130 cm³/mol. The fraction of sp³-hybridized carbons (Fsp3) is 0.160. The van der Waals surface area contributed by atoms with Crippen molar-refractivity contribution in [1.29, 1.82) is 0 Å². The highest BCUT2D eigenvalue weighted by molar-refractivity contribution is 9.10. The molecule has 33 heavy (non-hydrogen) atoms. The Morgan fingerprint density at radius 1 is 1.09 bits per heavy atom. The van der Waals surface area contributed by atoms with Gasteiger partial charge in [0, 0.05) is 4.47 Å². The highest BCUT2D eigenvalue weighted by Crippen LogP contribution is 2.29. The van der Waals surface area contributed by atoms with E-state index in [1.807, 2.05) is 13.0 Å². The topological polar surface area (TPSA) is 65.7 Å². The van der Waals surface area contributed by atoms with Crippen LogP contribution in [0.3, 0.4) is 0 Å². The summed E-state index contributed by atoms with van der Waals surface area (Å²) in [6.07, 6.45) is 1.57. The molecule has 4 aromatic rings. The van der Waals surface area contributed by atoms with Crippen LogP contribution in [0.5, 0.6) is 11.5 Å². The van der Waals surface area contributed by atoms with Gasteiger partial charge in [0.25, 0.3) is 5.56 Å². The Morgan fingerprint density at radius 2 is 1.94 bits per heavy atom. The van der Waals surface area contributed by atoms with Crippen molar-refractivity contribution >= 4 is 33.0 Å². The van der Waals surface area contributed by atoms with Gasteiger partial charge in [0.2, 0.25) is 0 Å². The Balaban J connectivity index is 1.60. The molecule has 0 aliphatic heterocycles. The van der Waals surface area contributed by atoms with Gasteiger partial charge in [0.05, 0.1) is 23.7 Å². The number of hydrogen-bond donors (Lipinski definition) is 0. The zero-order valence-electron chi connectivity index (χ0n) is 18.1. The van der Waals surface area contributed by atoms with Gasteiger partial charge in [-0.1, -0.05) is 28.1 Å². The summed E-state index contributed by atoms with van der Waals surface area (Å²) in [7, 11) is 0. The fourth-order valence-electron chi connectivity index (χ4n) is 3.30. The quantitative estimate of drug-likeness (QED) is 0.310. The van der Waals surface area contributed by atoms with Crippen LogP contribution in [-0.4, -0.2) is 22.5 Å². The van der Waals surface area contributed by atoms with E-state index in [9.17, 15) is 9.18 Å². The third kappa shape index (κ3) is 5.28. The van der Waals surface area contributed by atoms with Crippen molar-refractivity contribution in [2.24, 2.45) is 5.10 Å². The Labute approximate surface area is 198 Å². The molecular formula is C25H21BrFN3O3. The number of fused-ring (bicyclic) bond motifs is 1. The molecule has 0 aliphatic rings. The number of hydrogen-bond acceptors (Lipinski definition) is 5. The molecule has 168 valence electrons. The van der Waals surface area contributed by atoms with Crippen LogP contribution in [0.1, 0.15) is 23.9 Å². The summed E-state index contributed by atoms with van der Waals surface area (Å²) in [4.78, 5) is 17.4. The summed E-state index contributed by atoms with van der Waals surface area (Å²) in [5, 5.41) is 4.83. The molecule has 0 saturated heterocycles. The monoisotopic (exact) mass is 509 g/mol. The van der Waals surface area contributed by atoms with Crippen molar-refractivity contribution in [2.75, 3.05) is 6.61 Å². The molecule has 0 N–H and O–H groups in total. The van der Waals surface area contributed by atoms with Crippen LogP contribution in [0.4, 0.5) is 4.39 Å². The molecule has 0 saturated carbocycles. The molecule has 0 spiro atoms. The number of rotatable bonds is 7. The van der Waals surface area contributed by atoms with Crippen LogP contribution < -0.4 is 15.0 Å². The fourth-order valence-corrected chi connectivity index (χ4v) is 3.66. The first-order valence-electron chi connectivity index (χ1n) is 10.3. The molecular weight excluding hydrogens is 489 g/mol. The summed E-state index contributed by atoms with van der Waals surface area (Å²) in [6, 6.07) is 17.0. The predicted octanol–water partition coefficient (Wildman–Crippen LogP) is 5.47. The summed E-state index contributed by atoms with van der Waals surface area (Å²) in [5.41, 5.74) is 1.80. The average Bonchev–Trinajstić information content (AvgIpc) is 2.79. The molecule has 1 heterocycles. The third-order valence-electron chi connectivity index (χ3n) is 4.84. The summed E-state index contributed by atoms with van der Waals surface area (Å²) in [6.45, 7) is 4.26. The number of halogens is 2. The van der Waals surface area contributed by atoms with Crippen molar-refractivity contribution in [3.63, 3.8) is 0 Å². The van der Waals surface area contributed by atoms with Gasteiger partial charge in [0.15, 0.2) is 11.5 Å². The Kier molecular flexibility index (Phi) is 6.84. The molecule has 0 unspecified atom stereocenters. The van der Waals surface area contributed by atoms with E-state index < -0.39 is 0 Å². The largest absolute Gasteiger partial charge is 0.490 e. The maximum atomic E-state index is 13.4. The van der Waals surface area contributed by atoms with Gasteiger partial charge in [0.1, 0.15) is 18.2 Å². The summed E-state index contributed by atoms with van der Waals surface area (Å²) < 4.78 is 27.0. The minimum absolute atomic E-state index is 0.207. The second-order valence-electron chi connectivity index (χ2n) is 7.24. The number of nitrogens with zero attached hydrogens (tertiary/aromatic N) is 3. The SMILES string of the molecule is CCOc1cc(C=Nn2c(C)nc3ccc(Br)cc3c2=O)ccc1OCc1cccc(F)c1. The minimum Gasteiger partial charge on any atom is -0.490 e. The van der Waals surface area contributed by atoms with E-state index in [0.717, 1.165) is 10.0 Å². The average molecular weight is 510 g/mol.